The van der Waals surface area contributed by atoms with Crippen LogP contribution >= 0.6 is 11.3 Å². The number of aromatic nitrogens is 2. The molecule has 1 amide bonds. The van der Waals surface area contributed by atoms with E-state index in [2.05, 4.69) is 24.9 Å². The van der Waals surface area contributed by atoms with Crippen LogP contribution in [-0.2, 0) is 27.9 Å². The highest BCUT2D eigenvalue weighted by Gasteiger charge is 2.18. The van der Waals surface area contributed by atoms with Gasteiger partial charge in [-0.3, -0.25) is 4.79 Å². The molecule has 10 heteroatoms. The van der Waals surface area contributed by atoms with E-state index in [4.69, 9.17) is 0 Å². The zero-order valence-corrected chi connectivity index (χ0v) is 16.8. The second-order valence-corrected chi connectivity index (χ2v) is 9.51. The summed E-state index contributed by atoms with van der Waals surface area (Å²) in [5.74, 6) is 0.499. The fourth-order valence-electron chi connectivity index (χ4n) is 2.78. The van der Waals surface area contributed by atoms with E-state index in [0.717, 1.165) is 42.1 Å². The third-order valence-electron chi connectivity index (χ3n) is 4.20. The molecule has 1 fully saturated rings. The molecule has 0 bridgehead atoms. The molecule has 0 aliphatic carbocycles. The van der Waals surface area contributed by atoms with Gasteiger partial charge < -0.3 is 10.2 Å². The Morgan fingerprint density at radius 2 is 1.96 bits per heavy atom. The molecule has 2 aromatic heterocycles. The first-order valence-corrected chi connectivity index (χ1v) is 11.1. The highest BCUT2D eigenvalue weighted by Crippen LogP contribution is 2.22. The SMILES string of the molecule is CC(=O)NCc1ccc(S(=O)(=O)NCc2ccnc(N3CCCCC3)n2)s1. The number of carbonyl (C=O) groups is 1. The third-order valence-corrected chi connectivity index (χ3v) is 7.17. The predicted octanol–water partition coefficient (Wildman–Crippen LogP) is 1.64. The molecular formula is C17H23N5O3S2. The first-order chi connectivity index (χ1) is 12.9. The summed E-state index contributed by atoms with van der Waals surface area (Å²) < 4.78 is 27.8. The standard InChI is InChI=1S/C17H23N5O3S2/c1-13(23)19-12-15-5-6-16(26-15)27(24,25)20-11-14-7-8-18-17(21-14)22-9-3-2-4-10-22/h5-8,20H,2-4,9-12H2,1H3,(H,19,23). The lowest BCUT2D eigenvalue weighted by molar-refractivity contribution is -0.119. The van der Waals surface area contributed by atoms with Crippen LogP contribution in [0, 0.1) is 0 Å². The topological polar surface area (TPSA) is 104 Å². The summed E-state index contributed by atoms with van der Waals surface area (Å²) in [6.45, 7) is 3.71. The Kier molecular flexibility index (Phi) is 6.40. The number of rotatable bonds is 7. The number of carbonyl (C=O) groups excluding carboxylic acids is 1. The molecule has 2 N–H and O–H groups in total. The fourth-order valence-corrected chi connectivity index (χ4v) is 5.12. The molecule has 0 aromatic carbocycles. The summed E-state index contributed by atoms with van der Waals surface area (Å²) in [5.41, 5.74) is 0.629. The Morgan fingerprint density at radius 1 is 1.19 bits per heavy atom. The molecule has 1 aliphatic rings. The van der Waals surface area contributed by atoms with Crippen LogP contribution < -0.4 is 14.9 Å². The van der Waals surface area contributed by atoms with Crippen LogP contribution in [-0.4, -0.2) is 37.4 Å². The van der Waals surface area contributed by atoms with Crippen molar-refractivity contribution in [2.45, 2.75) is 43.5 Å². The molecule has 2 aromatic rings. The molecule has 27 heavy (non-hydrogen) atoms. The van der Waals surface area contributed by atoms with Gasteiger partial charge >= 0.3 is 0 Å². The van der Waals surface area contributed by atoms with Crippen LogP contribution in [0.4, 0.5) is 5.95 Å². The van der Waals surface area contributed by atoms with E-state index in [1.165, 1.54) is 13.3 Å². The number of hydrogen-bond donors (Lipinski definition) is 2. The summed E-state index contributed by atoms with van der Waals surface area (Å²) in [4.78, 5) is 22.7. The molecule has 1 aliphatic heterocycles. The Hall–Kier alpha value is -2.04. The lowest BCUT2D eigenvalue weighted by atomic mass is 10.1. The van der Waals surface area contributed by atoms with E-state index in [0.29, 0.717) is 18.2 Å². The number of nitrogens with zero attached hydrogens (tertiary/aromatic N) is 3. The van der Waals surface area contributed by atoms with Gasteiger partial charge in [-0.25, -0.2) is 23.1 Å². The molecule has 0 spiro atoms. The summed E-state index contributed by atoms with van der Waals surface area (Å²) in [5, 5.41) is 2.66. The number of amides is 1. The van der Waals surface area contributed by atoms with E-state index in [1.807, 2.05) is 0 Å². The highest BCUT2D eigenvalue weighted by molar-refractivity contribution is 7.91. The van der Waals surface area contributed by atoms with E-state index in [1.54, 1.807) is 24.4 Å². The molecule has 0 unspecified atom stereocenters. The maximum Gasteiger partial charge on any atom is 0.250 e. The summed E-state index contributed by atoms with van der Waals surface area (Å²) in [6, 6.07) is 4.96. The minimum Gasteiger partial charge on any atom is -0.351 e. The predicted molar refractivity (Wildman–Crippen MR) is 104 cm³/mol. The van der Waals surface area contributed by atoms with Crippen LogP contribution in [0.5, 0.6) is 0 Å². The van der Waals surface area contributed by atoms with Crippen molar-refractivity contribution in [3.63, 3.8) is 0 Å². The Balaban J connectivity index is 1.62. The average molecular weight is 410 g/mol. The van der Waals surface area contributed by atoms with Crippen molar-refractivity contribution >= 4 is 33.2 Å². The summed E-state index contributed by atoms with van der Waals surface area (Å²) >= 11 is 1.14. The monoisotopic (exact) mass is 409 g/mol. The Morgan fingerprint density at radius 3 is 2.70 bits per heavy atom. The number of anilines is 1. The van der Waals surface area contributed by atoms with Crippen molar-refractivity contribution in [2.24, 2.45) is 0 Å². The molecule has 0 saturated carbocycles. The maximum absolute atomic E-state index is 12.5. The van der Waals surface area contributed by atoms with Crippen molar-refractivity contribution in [1.82, 2.24) is 20.0 Å². The minimum atomic E-state index is -3.63. The average Bonchev–Trinajstić information content (AvgIpc) is 3.16. The molecule has 0 radical (unpaired) electrons. The molecule has 3 rings (SSSR count). The zero-order chi connectivity index (χ0) is 19.3. The lowest BCUT2D eigenvalue weighted by Gasteiger charge is -2.26. The van der Waals surface area contributed by atoms with Crippen LogP contribution in [0.2, 0.25) is 0 Å². The number of piperidine rings is 1. The van der Waals surface area contributed by atoms with E-state index in [-0.39, 0.29) is 16.7 Å². The molecule has 1 saturated heterocycles. The van der Waals surface area contributed by atoms with Gasteiger partial charge in [0, 0.05) is 31.1 Å². The molecular weight excluding hydrogens is 386 g/mol. The van der Waals surface area contributed by atoms with Crippen molar-refractivity contribution in [3.8, 4) is 0 Å². The van der Waals surface area contributed by atoms with Gasteiger partial charge in [0.2, 0.25) is 21.9 Å². The van der Waals surface area contributed by atoms with Gasteiger partial charge in [-0.1, -0.05) is 0 Å². The van der Waals surface area contributed by atoms with Gasteiger partial charge in [0.25, 0.3) is 0 Å². The Labute approximate surface area is 163 Å². The first-order valence-electron chi connectivity index (χ1n) is 8.84. The largest absolute Gasteiger partial charge is 0.351 e. The van der Waals surface area contributed by atoms with Gasteiger partial charge in [0.05, 0.1) is 18.8 Å². The molecule has 3 heterocycles. The molecule has 8 nitrogen and oxygen atoms in total. The van der Waals surface area contributed by atoms with Gasteiger partial charge in [-0.15, -0.1) is 11.3 Å². The van der Waals surface area contributed by atoms with Crippen LogP contribution in [0.25, 0.3) is 0 Å². The lowest BCUT2D eigenvalue weighted by Crippen LogP contribution is -2.31. The smallest absolute Gasteiger partial charge is 0.250 e. The number of hydrogen-bond acceptors (Lipinski definition) is 7. The van der Waals surface area contributed by atoms with Crippen LogP contribution in [0.15, 0.2) is 28.6 Å². The highest BCUT2D eigenvalue weighted by atomic mass is 32.2. The fraction of sp³-hybridized carbons (Fsp3) is 0.471. The van der Waals surface area contributed by atoms with Gasteiger partial charge in [-0.05, 0) is 37.5 Å². The normalized spacial score (nSPS) is 14.9. The minimum absolute atomic E-state index is 0.102. The van der Waals surface area contributed by atoms with Crippen LogP contribution in [0.1, 0.15) is 36.8 Å². The molecule has 0 atom stereocenters. The number of nitrogens with one attached hydrogen (secondary N) is 2. The molecule has 146 valence electrons. The summed E-state index contributed by atoms with van der Waals surface area (Å²) in [7, 11) is -3.63. The van der Waals surface area contributed by atoms with Crippen molar-refractivity contribution in [3.05, 3.63) is 35.0 Å². The second kappa shape index (κ2) is 8.77. The van der Waals surface area contributed by atoms with Gasteiger partial charge in [-0.2, -0.15) is 0 Å². The van der Waals surface area contributed by atoms with Crippen LogP contribution in [0.3, 0.4) is 0 Å². The van der Waals surface area contributed by atoms with Gasteiger partial charge in [0.15, 0.2) is 0 Å². The Bertz CT molecular complexity index is 891. The third kappa shape index (κ3) is 5.47. The van der Waals surface area contributed by atoms with E-state index in [9.17, 15) is 13.2 Å². The van der Waals surface area contributed by atoms with Crippen molar-refractivity contribution in [1.29, 1.82) is 0 Å². The van der Waals surface area contributed by atoms with E-state index >= 15 is 0 Å². The van der Waals surface area contributed by atoms with Crippen molar-refractivity contribution < 1.29 is 13.2 Å². The second-order valence-electron chi connectivity index (χ2n) is 6.35. The van der Waals surface area contributed by atoms with Gasteiger partial charge in [0.1, 0.15) is 4.21 Å². The quantitative estimate of drug-likeness (QED) is 0.720. The first kappa shape index (κ1) is 19.7. The zero-order valence-electron chi connectivity index (χ0n) is 15.1. The van der Waals surface area contributed by atoms with E-state index < -0.39 is 10.0 Å². The number of sulfonamides is 1. The maximum atomic E-state index is 12.5. The number of thiophene rings is 1. The summed E-state index contributed by atoms with van der Waals surface area (Å²) in [6.07, 6.45) is 5.14. The van der Waals surface area contributed by atoms with Crippen molar-refractivity contribution in [2.75, 3.05) is 18.0 Å².